The number of carbonyl (C=O) groups excluding carboxylic acids is 1. The molecule has 1 saturated heterocycles. The third-order valence-electron chi connectivity index (χ3n) is 6.71. The summed E-state index contributed by atoms with van der Waals surface area (Å²) in [5.74, 6) is 1.32. The minimum Gasteiger partial charge on any atom is -0.489 e. The van der Waals surface area contributed by atoms with E-state index in [4.69, 9.17) is 9.73 Å². The summed E-state index contributed by atoms with van der Waals surface area (Å²) < 4.78 is 6.99. The monoisotopic (exact) mass is 560 g/mol. The quantitative estimate of drug-likeness (QED) is 0.285. The summed E-state index contributed by atoms with van der Waals surface area (Å²) in [5, 5.41) is 0.783. The lowest BCUT2D eigenvalue weighted by Crippen LogP contribution is -2.44. The average Bonchev–Trinajstić information content (AvgIpc) is 3.19. The van der Waals surface area contributed by atoms with E-state index in [1.165, 1.54) is 18.2 Å². The van der Waals surface area contributed by atoms with Crippen LogP contribution in [0.3, 0.4) is 0 Å². The van der Waals surface area contributed by atoms with Gasteiger partial charge in [0.2, 0.25) is 0 Å². The summed E-state index contributed by atoms with van der Waals surface area (Å²) in [6, 6.07) is 26.1. The van der Waals surface area contributed by atoms with Gasteiger partial charge >= 0.3 is 0 Å². The number of hydrogen-bond acceptors (Lipinski definition) is 4. The fourth-order valence-electron chi connectivity index (χ4n) is 4.71. The fourth-order valence-corrected chi connectivity index (χ4v) is 6.02. The standard InChI is InChI=1S/C30H29BrN2O2S/c1-21-7-5-6-10-27(21)33-29(34)28(36-30(33)32-25-8-3-2-4-9-25)19-22-13-17-26(18-14-22)35-20-23-11-15-24(31)16-12-23/h2-4,8-9,11-19,21,27H,5-7,10,20H2,1H3/b28-19-,32-30?/t21-,27-/m0/s1. The smallest absolute Gasteiger partial charge is 0.267 e. The highest BCUT2D eigenvalue weighted by atomic mass is 79.9. The minimum atomic E-state index is 0.0593. The molecule has 1 amide bonds. The van der Waals surface area contributed by atoms with Crippen molar-refractivity contribution in [1.29, 1.82) is 0 Å². The first-order valence-electron chi connectivity index (χ1n) is 12.4. The molecule has 0 aromatic heterocycles. The van der Waals surface area contributed by atoms with E-state index in [0.29, 0.717) is 17.4 Å². The van der Waals surface area contributed by atoms with Crippen molar-refractivity contribution in [1.82, 2.24) is 4.90 Å². The first-order chi connectivity index (χ1) is 17.6. The molecule has 0 bridgehead atoms. The number of rotatable bonds is 6. The summed E-state index contributed by atoms with van der Waals surface area (Å²) in [7, 11) is 0. The van der Waals surface area contributed by atoms with Gasteiger partial charge in [-0.15, -0.1) is 0 Å². The van der Waals surface area contributed by atoms with Crippen molar-refractivity contribution in [3.8, 4) is 5.75 Å². The summed E-state index contributed by atoms with van der Waals surface area (Å²) >= 11 is 4.93. The Morgan fingerprint density at radius 1 is 1.00 bits per heavy atom. The molecule has 3 aromatic rings. The first kappa shape index (κ1) is 24.8. The zero-order valence-corrected chi connectivity index (χ0v) is 22.7. The molecule has 2 aliphatic rings. The molecule has 2 fully saturated rings. The highest BCUT2D eigenvalue weighted by Crippen LogP contribution is 2.40. The van der Waals surface area contributed by atoms with Gasteiger partial charge in [-0.25, -0.2) is 4.99 Å². The maximum Gasteiger partial charge on any atom is 0.267 e. The maximum absolute atomic E-state index is 13.6. The summed E-state index contributed by atoms with van der Waals surface area (Å²) in [6.07, 6.45) is 6.54. The Morgan fingerprint density at radius 2 is 1.72 bits per heavy atom. The Morgan fingerprint density at radius 3 is 2.44 bits per heavy atom. The van der Waals surface area contributed by atoms with Crippen molar-refractivity contribution < 1.29 is 9.53 Å². The second-order valence-electron chi connectivity index (χ2n) is 9.33. The molecule has 4 nitrogen and oxygen atoms in total. The van der Waals surface area contributed by atoms with Gasteiger partial charge in [-0.1, -0.05) is 78.2 Å². The van der Waals surface area contributed by atoms with E-state index >= 15 is 0 Å². The zero-order chi connectivity index (χ0) is 24.9. The predicted molar refractivity (Wildman–Crippen MR) is 152 cm³/mol. The Balaban J connectivity index is 1.35. The molecule has 0 spiro atoms. The molecule has 3 aromatic carbocycles. The normalized spacial score (nSPS) is 22.4. The van der Waals surface area contributed by atoms with E-state index in [2.05, 4.69) is 22.9 Å². The summed E-state index contributed by atoms with van der Waals surface area (Å²) in [5.41, 5.74) is 2.95. The van der Waals surface area contributed by atoms with Crippen LogP contribution in [0.5, 0.6) is 5.75 Å². The number of aliphatic imine (C=N–C) groups is 1. The average molecular weight is 562 g/mol. The second kappa shape index (κ2) is 11.5. The van der Waals surface area contributed by atoms with Crippen molar-refractivity contribution in [3.05, 3.63) is 99.4 Å². The number of nitrogens with zero attached hydrogens (tertiary/aromatic N) is 2. The lowest BCUT2D eigenvalue weighted by atomic mass is 9.85. The number of carbonyl (C=O) groups is 1. The predicted octanol–water partition coefficient (Wildman–Crippen LogP) is 8.21. The van der Waals surface area contributed by atoms with Crippen LogP contribution in [0, 0.1) is 5.92 Å². The molecule has 6 heteroatoms. The van der Waals surface area contributed by atoms with E-state index in [-0.39, 0.29) is 11.9 Å². The minimum absolute atomic E-state index is 0.0593. The van der Waals surface area contributed by atoms with Gasteiger partial charge < -0.3 is 4.74 Å². The van der Waals surface area contributed by atoms with Crippen LogP contribution in [0.2, 0.25) is 0 Å². The second-order valence-corrected chi connectivity index (χ2v) is 11.3. The number of hydrogen-bond donors (Lipinski definition) is 0. The Bertz CT molecular complexity index is 1260. The number of para-hydroxylation sites is 1. The lowest BCUT2D eigenvalue weighted by Gasteiger charge is -2.35. The number of ether oxygens (including phenoxy) is 1. The van der Waals surface area contributed by atoms with Gasteiger partial charge in [0.25, 0.3) is 5.91 Å². The van der Waals surface area contributed by atoms with Crippen molar-refractivity contribution in [2.45, 2.75) is 45.3 Å². The van der Waals surface area contributed by atoms with E-state index in [0.717, 1.165) is 51.5 Å². The SMILES string of the molecule is C[C@H]1CCCC[C@@H]1N1C(=O)/C(=C/c2ccc(OCc3ccc(Br)cc3)cc2)SC1=Nc1ccccc1. The molecule has 1 saturated carbocycles. The Hall–Kier alpha value is -2.83. The van der Waals surface area contributed by atoms with Crippen LogP contribution >= 0.6 is 27.7 Å². The summed E-state index contributed by atoms with van der Waals surface area (Å²) in [4.78, 5) is 21.2. The van der Waals surface area contributed by atoms with Crippen molar-refractivity contribution in [2.75, 3.05) is 0 Å². The molecule has 1 aliphatic heterocycles. The third-order valence-corrected chi connectivity index (χ3v) is 8.22. The highest BCUT2D eigenvalue weighted by Gasteiger charge is 2.41. The van der Waals surface area contributed by atoms with Gasteiger partial charge in [0.1, 0.15) is 12.4 Å². The van der Waals surface area contributed by atoms with E-state index in [9.17, 15) is 4.79 Å². The molecular weight excluding hydrogens is 532 g/mol. The first-order valence-corrected chi connectivity index (χ1v) is 14.0. The van der Waals surface area contributed by atoms with Gasteiger partial charge in [-0.2, -0.15) is 0 Å². The number of amidine groups is 1. The van der Waals surface area contributed by atoms with Crippen LogP contribution in [-0.4, -0.2) is 22.0 Å². The molecule has 184 valence electrons. The number of halogens is 1. The molecule has 1 heterocycles. The van der Waals surface area contributed by atoms with Crippen LogP contribution in [0.4, 0.5) is 5.69 Å². The molecule has 2 atom stereocenters. The topological polar surface area (TPSA) is 41.9 Å². The van der Waals surface area contributed by atoms with Gasteiger partial charge in [-0.3, -0.25) is 9.69 Å². The number of thioether (sulfide) groups is 1. The largest absolute Gasteiger partial charge is 0.489 e. The van der Waals surface area contributed by atoms with Gasteiger partial charge in [-0.05, 0) is 84.1 Å². The highest BCUT2D eigenvalue weighted by molar-refractivity contribution is 9.10. The Labute approximate surface area is 225 Å². The number of amides is 1. The van der Waals surface area contributed by atoms with Crippen LogP contribution in [-0.2, 0) is 11.4 Å². The molecule has 0 N–H and O–H groups in total. The van der Waals surface area contributed by atoms with Crippen LogP contribution in [0.25, 0.3) is 6.08 Å². The van der Waals surface area contributed by atoms with E-state index < -0.39 is 0 Å². The van der Waals surface area contributed by atoms with Crippen molar-refractivity contribution >= 4 is 50.5 Å². The molecule has 36 heavy (non-hydrogen) atoms. The number of benzene rings is 3. The van der Waals surface area contributed by atoms with E-state index in [1.54, 1.807) is 0 Å². The van der Waals surface area contributed by atoms with Crippen LogP contribution < -0.4 is 4.74 Å². The fraction of sp³-hybridized carbons (Fsp3) is 0.267. The van der Waals surface area contributed by atoms with Crippen molar-refractivity contribution in [3.63, 3.8) is 0 Å². The zero-order valence-electron chi connectivity index (χ0n) is 20.3. The third kappa shape index (κ3) is 5.93. The van der Waals surface area contributed by atoms with Gasteiger partial charge in [0.15, 0.2) is 5.17 Å². The van der Waals surface area contributed by atoms with Crippen LogP contribution in [0.15, 0.2) is 93.2 Å². The molecule has 1 aliphatic carbocycles. The maximum atomic E-state index is 13.6. The van der Waals surface area contributed by atoms with Crippen molar-refractivity contribution in [2.24, 2.45) is 10.9 Å². The van der Waals surface area contributed by atoms with Gasteiger partial charge in [0.05, 0.1) is 10.6 Å². The Kier molecular flexibility index (Phi) is 7.93. The molecule has 0 unspecified atom stereocenters. The van der Waals surface area contributed by atoms with E-state index in [1.807, 2.05) is 89.8 Å². The molecule has 0 radical (unpaired) electrons. The van der Waals surface area contributed by atoms with Gasteiger partial charge in [0, 0.05) is 10.5 Å². The molecule has 5 rings (SSSR count). The summed E-state index contributed by atoms with van der Waals surface area (Å²) in [6.45, 7) is 2.77. The van der Waals surface area contributed by atoms with Crippen LogP contribution in [0.1, 0.15) is 43.7 Å². The molecular formula is C30H29BrN2O2S. The lowest BCUT2D eigenvalue weighted by molar-refractivity contribution is -0.124.